The number of hydrogen-bond donors (Lipinski definition) is 0. The van der Waals surface area contributed by atoms with Gasteiger partial charge in [-0.15, -0.1) is 0 Å². The maximum atomic E-state index is 5.48. The first-order valence-electron chi connectivity index (χ1n) is 6.57. The number of aromatic nitrogens is 2. The Kier molecular flexibility index (Phi) is 2.40. The molecule has 0 amide bonds. The number of rotatable bonds is 1. The highest BCUT2D eigenvalue weighted by Gasteiger charge is 2.39. The topological polar surface area (TPSA) is 42.6 Å². The van der Waals surface area contributed by atoms with Crippen LogP contribution in [0.1, 0.15) is 45.0 Å². The molecule has 0 spiro atoms. The van der Waals surface area contributed by atoms with Crippen LogP contribution < -0.4 is 0 Å². The molecule has 3 rings (SSSR count). The largest absolute Gasteiger partial charge is 0.366 e. The Morgan fingerprint density at radius 3 is 2.89 bits per heavy atom. The third-order valence-electron chi connectivity index (χ3n) is 3.69. The maximum absolute atomic E-state index is 5.48. The zero-order chi connectivity index (χ0) is 12.9. The van der Waals surface area contributed by atoms with Crippen molar-refractivity contribution >= 4 is 5.84 Å². The van der Waals surface area contributed by atoms with Gasteiger partial charge in [-0.2, -0.15) is 5.10 Å². The lowest BCUT2D eigenvalue weighted by Crippen LogP contribution is -2.44. The van der Waals surface area contributed by atoms with Gasteiger partial charge in [0.15, 0.2) is 5.84 Å². The molecule has 2 aliphatic heterocycles. The third kappa shape index (κ3) is 1.69. The van der Waals surface area contributed by atoms with Gasteiger partial charge in [0.1, 0.15) is 6.54 Å². The molecular weight excluding hydrogens is 228 g/mol. The normalized spacial score (nSPS) is 21.2. The summed E-state index contributed by atoms with van der Waals surface area (Å²) in [6.45, 7) is 10.1. The summed E-state index contributed by atoms with van der Waals surface area (Å²) < 4.78 is 2.07. The van der Waals surface area contributed by atoms with Gasteiger partial charge in [-0.25, -0.2) is 0 Å². The second kappa shape index (κ2) is 3.73. The van der Waals surface area contributed by atoms with Crippen LogP contribution in [0.4, 0.5) is 0 Å². The molecule has 1 aromatic rings. The minimum Gasteiger partial charge on any atom is -0.366 e. The second-order valence-electron chi connectivity index (χ2n) is 5.82. The number of amidine groups is 1. The van der Waals surface area contributed by atoms with Gasteiger partial charge >= 0.3 is 0 Å². The fourth-order valence-electron chi connectivity index (χ4n) is 2.54. The van der Waals surface area contributed by atoms with Crippen molar-refractivity contribution in [2.75, 3.05) is 6.54 Å². The molecule has 0 saturated heterocycles. The van der Waals surface area contributed by atoms with E-state index in [1.807, 2.05) is 0 Å². The van der Waals surface area contributed by atoms with Crippen molar-refractivity contribution in [2.45, 2.75) is 52.3 Å². The Labute approximate surface area is 107 Å². The van der Waals surface area contributed by atoms with E-state index in [1.54, 1.807) is 0 Å². The van der Waals surface area contributed by atoms with E-state index in [1.165, 1.54) is 5.69 Å². The first-order valence-corrected chi connectivity index (χ1v) is 6.57. The van der Waals surface area contributed by atoms with Gasteiger partial charge in [0, 0.05) is 18.7 Å². The van der Waals surface area contributed by atoms with Crippen LogP contribution in [0.15, 0.2) is 11.2 Å². The van der Waals surface area contributed by atoms with Crippen LogP contribution in [0.5, 0.6) is 0 Å². The summed E-state index contributed by atoms with van der Waals surface area (Å²) in [5.74, 6) is 1.45. The van der Waals surface area contributed by atoms with E-state index in [2.05, 4.69) is 53.6 Å². The quantitative estimate of drug-likeness (QED) is 0.763. The maximum Gasteiger partial charge on any atom is 0.205 e. The number of nitrogens with zero attached hydrogens (tertiary/aromatic N) is 4. The van der Waals surface area contributed by atoms with Crippen LogP contribution in [-0.4, -0.2) is 32.8 Å². The van der Waals surface area contributed by atoms with E-state index >= 15 is 0 Å². The Morgan fingerprint density at radius 2 is 2.17 bits per heavy atom. The third-order valence-corrected chi connectivity index (χ3v) is 3.69. The summed E-state index contributed by atoms with van der Waals surface area (Å²) in [5, 5.41) is 8.88. The standard InChI is InChI=1S/C13H20N4O/c1-9(2)11-7-10-5-6-16-12(8-17(10)14-11)15-18-13(16,3)4/h7,9H,5-6,8H2,1-4H3. The average molecular weight is 248 g/mol. The van der Waals surface area contributed by atoms with Gasteiger partial charge in [0.25, 0.3) is 0 Å². The van der Waals surface area contributed by atoms with Crippen molar-refractivity contribution in [3.8, 4) is 0 Å². The van der Waals surface area contributed by atoms with Crippen LogP contribution in [0.2, 0.25) is 0 Å². The molecule has 18 heavy (non-hydrogen) atoms. The van der Waals surface area contributed by atoms with Crippen LogP contribution in [0.3, 0.4) is 0 Å². The molecule has 5 nitrogen and oxygen atoms in total. The Balaban J connectivity index is 1.91. The van der Waals surface area contributed by atoms with Gasteiger partial charge in [0.2, 0.25) is 5.72 Å². The molecule has 98 valence electrons. The molecule has 5 heteroatoms. The number of oxime groups is 1. The van der Waals surface area contributed by atoms with Gasteiger partial charge in [-0.3, -0.25) is 4.68 Å². The summed E-state index contributed by atoms with van der Waals surface area (Å²) in [6, 6.07) is 2.22. The predicted octanol–water partition coefficient (Wildman–Crippen LogP) is 1.94. The van der Waals surface area contributed by atoms with Gasteiger partial charge in [-0.05, 0) is 25.8 Å². The zero-order valence-corrected chi connectivity index (χ0v) is 11.5. The van der Waals surface area contributed by atoms with Crippen molar-refractivity contribution in [1.82, 2.24) is 14.7 Å². The highest BCUT2D eigenvalue weighted by atomic mass is 16.7. The van der Waals surface area contributed by atoms with E-state index in [-0.39, 0.29) is 5.72 Å². The molecule has 0 bridgehead atoms. The lowest BCUT2D eigenvalue weighted by Gasteiger charge is -2.29. The highest BCUT2D eigenvalue weighted by molar-refractivity contribution is 5.83. The molecule has 1 aromatic heterocycles. The second-order valence-corrected chi connectivity index (χ2v) is 5.82. The molecular formula is C13H20N4O. The van der Waals surface area contributed by atoms with Crippen molar-refractivity contribution in [2.24, 2.45) is 5.16 Å². The molecule has 0 saturated carbocycles. The molecule has 0 aliphatic carbocycles. The molecule has 3 heterocycles. The Hall–Kier alpha value is -1.52. The summed E-state index contributed by atoms with van der Waals surface area (Å²) in [5.41, 5.74) is 2.14. The van der Waals surface area contributed by atoms with Crippen molar-refractivity contribution in [1.29, 1.82) is 0 Å². The number of fused-ring (bicyclic) bond motifs is 2. The fourth-order valence-corrected chi connectivity index (χ4v) is 2.54. The minimum atomic E-state index is -0.319. The van der Waals surface area contributed by atoms with Crippen LogP contribution in [0.25, 0.3) is 0 Å². The van der Waals surface area contributed by atoms with Gasteiger partial charge in [0.05, 0.1) is 5.69 Å². The summed E-state index contributed by atoms with van der Waals surface area (Å²) in [6.07, 6.45) is 0.992. The molecule has 0 N–H and O–H groups in total. The van der Waals surface area contributed by atoms with Crippen LogP contribution in [0, 0.1) is 0 Å². The summed E-state index contributed by atoms with van der Waals surface area (Å²) >= 11 is 0. The molecule has 0 unspecified atom stereocenters. The van der Waals surface area contributed by atoms with Crippen molar-refractivity contribution < 1.29 is 4.84 Å². The predicted molar refractivity (Wildman–Crippen MR) is 69.3 cm³/mol. The molecule has 0 atom stereocenters. The minimum absolute atomic E-state index is 0.319. The SMILES string of the molecule is CC(C)c1cc2n(n1)CC1=NOC(C)(C)N1CC2. The van der Waals surface area contributed by atoms with E-state index < -0.39 is 0 Å². The van der Waals surface area contributed by atoms with Crippen LogP contribution >= 0.6 is 0 Å². The molecule has 2 aliphatic rings. The van der Waals surface area contributed by atoms with E-state index in [4.69, 9.17) is 4.84 Å². The monoisotopic (exact) mass is 248 g/mol. The molecule has 0 radical (unpaired) electrons. The zero-order valence-electron chi connectivity index (χ0n) is 11.5. The van der Waals surface area contributed by atoms with E-state index in [9.17, 15) is 0 Å². The van der Waals surface area contributed by atoms with Crippen molar-refractivity contribution in [3.63, 3.8) is 0 Å². The first-order chi connectivity index (χ1) is 8.47. The average Bonchev–Trinajstić information content (AvgIpc) is 2.75. The lowest BCUT2D eigenvalue weighted by atomic mass is 10.1. The smallest absolute Gasteiger partial charge is 0.205 e. The lowest BCUT2D eigenvalue weighted by molar-refractivity contribution is -0.0679. The van der Waals surface area contributed by atoms with Crippen molar-refractivity contribution in [3.05, 3.63) is 17.5 Å². The molecule has 0 fully saturated rings. The van der Waals surface area contributed by atoms with Gasteiger partial charge < -0.3 is 9.74 Å². The fraction of sp³-hybridized carbons (Fsp3) is 0.692. The summed E-state index contributed by atoms with van der Waals surface area (Å²) in [4.78, 5) is 7.72. The van der Waals surface area contributed by atoms with Crippen LogP contribution in [-0.2, 0) is 17.8 Å². The summed E-state index contributed by atoms with van der Waals surface area (Å²) in [7, 11) is 0. The van der Waals surface area contributed by atoms with Gasteiger partial charge in [-0.1, -0.05) is 19.0 Å². The molecule has 0 aromatic carbocycles. The first kappa shape index (κ1) is 11.6. The van der Waals surface area contributed by atoms with E-state index in [0.717, 1.165) is 24.5 Å². The Bertz CT molecular complexity index is 501. The highest BCUT2D eigenvalue weighted by Crippen LogP contribution is 2.27. The number of hydrogen-bond acceptors (Lipinski definition) is 4. The Morgan fingerprint density at radius 1 is 1.39 bits per heavy atom. The van der Waals surface area contributed by atoms with E-state index in [0.29, 0.717) is 12.5 Å².